The zero-order chi connectivity index (χ0) is 15.5. The number of thiazole rings is 1. The second-order valence-electron chi connectivity index (χ2n) is 5.65. The van der Waals surface area contributed by atoms with Crippen LogP contribution in [0.4, 0.5) is 0 Å². The molecule has 1 aromatic rings. The summed E-state index contributed by atoms with van der Waals surface area (Å²) in [6.45, 7) is 5.24. The van der Waals surface area contributed by atoms with Gasteiger partial charge in [-0.3, -0.25) is 4.99 Å². The predicted octanol–water partition coefficient (Wildman–Crippen LogP) is 0.770. The van der Waals surface area contributed by atoms with Crippen molar-refractivity contribution in [2.75, 3.05) is 32.4 Å². The molecule has 0 bridgehead atoms. The first-order valence-electron chi connectivity index (χ1n) is 6.92. The molecule has 2 rings (SSSR count). The Labute approximate surface area is 130 Å². The molecule has 1 N–H and O–H groups in total. The molecule has 1 saturated heterocycles. The van der Waals surface area contributed by atoms with E-state index < -0.39 is 14.6 Å². The highest BCUT2D eigenvalue weighted by molar-refractivity contribution is 7.92. The zero-order valence-corrected chi connectivity index (χ0v) is 14.3. The van der Waals surface area contributed by atoms with Crippen molar-refractivity contribution in [2.24, 2.45) is 4.99 Å². The fourth-order valence-electron chi connectivity index (χ4n) is 2.31. The molecule has 0 unspecified atom stereocenters. The van der Waals surface area contributed by atoms with Gasteiger partial charge in [0.2, 0.25) is 0 Å². The zero-order valence-electron chi connectivity index (χ0n) is 12.7. The molecule has 6 nitrogen and oxygen atoms in total. The van der Waals surface area contributed by atoms with Crippen LogP contribution in [0.25, 0.3) is 0 Å². The van der Waals surface area contributed by atoms with Gasteiger partial charge in [-0.25, -0.2) is 13.4 Å². The Morgan fingerprint density at radius 1 is 1.57 bits per heavy atom. The lowest BCUT2D eigenvalue weighted by Crippen LogP contribution is -2.57. The first-order chi connectivity index (χ1) is 9.86. The molecule has 1 aromatic heterocycles. The summed E-state index contributed by atoms with van der Waals surface area (Å²) in [4.78, 5) is 10.5. The number of rotatable bonds is 3. The molecule has 0 atom stereocenters. The Balaban J connectivity index is 1.93. The first kappa shape index (κ1) is 16.2. The van der Waals surface area contributed by atoms with Crippen molar-refractivity contribution in [3.63, 3.8) is 0 Å². The molecular weight excluding hydrogens is 308 g/mol. The topological polar surface area (TPSA) is 74.7 Å². The van der Waals surface area contributed by atoms with Gasteiger partial charge in [0, 0.05) is 44.7 Å². The number of hydrogen-bond donors (Lipinski definition) is 1. The third-order valence-corrected chi connectivity index (χ3v) is 7.03. The minimum absolute atomic E-state index is 0.174. The Morgan fingerprint density at radius 3 is 2.90 bits per heavy atom. The number of guanidine groups is 1. The second-order valence-corrected chi connectivity index (χ2v) is 9.37. The fraction of sp³-hybridized carbons (Fsp3) is 0.692. The van der Waals surface area contributed by atoms with Gasteiger partial charge in [0.25, 0.3) is 0 Å². The van der Waals surface area contributed by atoms with Crippen LogP contribution in [0.2, 0.25) is 0 Å². The van der Waals surface area contributed by atoms with E-state index in [9.17, 15) is 8.42 Å². The SMILES string of the molecule is CN=C(NCCc1nccs1)N1CCS(=O)(=O)C(C)(C)C1. The van der Waals surface area contributed by atoms with E-state index in [4.69, 9.17) is 0 Å². The van der Waals surface area contributed by atoms with Crippen LogP contribution < -0.4 is 5.32 Å². The van der Waals surface area contributed by atoms with Crippen LogP contribution in [0.5, 0.6) is 0 Å². The van der Waals surface area contributed by atoms with E-state index in [1.807, 2.05) is 10.3 Å². The summed E-state index contributed by atoms with van der Waals surface area (Å²) >= 11 is 1.63. The molecule has 0 spiro atoms. The van der Waals surface area contributed by atoms with Gasteiger partial charge in [-0.15, -0.1) is 11.3 Å². The van der Waals surface area contributed by atoms with Gasteiger partial charge in [0.15, 0.2) is 15.8 Å². The molecule has 0 saturated carbocycles. The minimum Gasteiger partial charge on any atom is -0.356 e. The van der Waals surface area contributed by atoms with Crippen molar-refractivity contribution in [3.05, 3.63) is 16.6 Å². The number of aliphatic imine (C=N–C) groups is 1. The average Bonchev–Trinajstić information content (AvgIpc) is 2.91. The second kappa shape index (κ2) is 6.31. The Bertz CT molecular complexity index is 594. The van der Waals surface area contributed by atoms with Crippen LogP contribution >= 0.6 is 11.3 Å². The van der Waals surface area contributed by atoms with Gasteiger partial charge in [0.1, 0.15) is 0 Å². The molecule has 2 heterocycles. The van der Waals surface area contributed by atoms with E-state index in [2.05, 4.69) is 15.3 Å². The minimum atomic E-state index is -3.02. The van der Waals surface area contributed by atoms with Gasteiger partial charge < -0.3 is 10.2 Å². The smallest absolute Gasteiger partial charge is 0.193 e. The summed E-state index contributed by atoms with van der Waals surface area (Å²) in [6, 6.07) is 0. The molecule has 21 heavy (non-hydrogen) atoms. The molecule has 1 aliphatic rings. The average molecular weight is 330 g/mol. The molecule has 1 fully saturated rings. The number of nitrogens with one attached hydrogen (secondary N) is 1. The maximum atomic E-state index is 12.0. The van der Waals surface area contributed by atoms with Gasteiger partial charge in [-0.2, -0.15) is 0 Å². The van der Waals surface area contributed by atoms with Crippen LogP contribution in [-0.2, 0) is 16.3 Å². The molecule has 0 radical (unpaired) electrons. The van der Waals surface area contributed by atoms with Crippen molar-refractivity contribution in [3.8, 4) is 0 Å². The van der Waals surface area contributed by atoms with Crippen molar-refractivity contribution in [1.82, 2.24) is 15.2 Å². The normalized spacial score (nSPS) is 21.3. The first-order valence-corrected chi connectivity index (χ1v) is 9.45. The van der Waals surface area contributed by atoms with Crippen LogP contribution in [0, 0.1) is 0 Å². The quantitative estimate of drug-likeness (QED) is 0.654. The highest BCUT2D eigenvalue weighted by Crippen LogP contribution is 2.23. The molecule has 0 aliphatic carbocycles. The standard InChI is InChI=1S/C13H22N4O2S2/c1-13(2)10-17(7-9-21(13,18)19)12(14-3)16-5-4-11-15-6-8-20-11/h6,8H,4-5,7,9-10H2,1-3H3,(H,14,16). The summed E-state index contributed by atoms with van der Waals surface area (Å²) < 4.78 is 23.3. The van der Waals surface area contributed by atoms with Gasteiger partial charge in [0.05, 0.1) is 15.5 Å². The number of nitrogens with zero attached hydrogens (tertiary/aromatic N) is 3. The van der Waals surface area contributed by atoms with E-state index in [1.165, 1.54) is 0 Å². The number of aromatic nitrogens is 1. The third kappa shape index (κ3) is 3.74. The van der Waals surface area contributed by atoms with E-state index in [1.54, 1.807) is 38.4 Å². The predicted molar refractivity (Wildman–Crippen MR) is 86.6 cm³/mol. The summed E-state index contributed by atoms with van der Waals surface area (Å²) in [5, 5.41) is 6.33. The van der Waals surface area contributed by atoms with E-state index in [0.29, 0.717) is 13.1 Å². The summed E-state index contributed by atoms with van der Waals surface area (Å²) in [5.74, 6) is 0.933. The maximum absolute atomic E-state index is 12.0. The fourth-order valence-corrected chi connectivity index (χ4v) is 4.30. The molecule has 8 heteroatoms. The number of sulfone groups is 1. The van der Waals surface area contributed by atoms with Gasteiger partial charge >= 0.3 is 0 Å². The van der Waals surface area contributed by atoms with Crippen molar-refractivity contribution < 1.29 is 8.42 Å². The van der Waals surface area contributed by atoms with Gasteiger partial charge in [-0.1, -0.05) is 0 Å². The van der Waals surface area contributed by atoms with Crippen LogP contribution in [0.1, 0.15) is 18.9 Å². The Morgan fingerprint density at radius 2 is 2.33 bits per heavy atom. The molecule has 0 amide bonds. The molecule has 1 aliphatic heterocycles. The lowest BCUT2D eigenvalue weighted by Gasteiger charge is -2.39. The molecule has 0 aromatic carbocycles. The maximum Gasteiger partial charge on any atom is 0.193 e. The van der Waals surface area contributed by atoms with Crippen molar-refractivity contribution in [2.45, 2.75) is 25.0 Å². The largest absolute Gasteiger partial charge is 0.356 e. The highest BCUT2D eigenvalue weighted by atomic mass is 32.2. The Hall–Kier alpha value is -1.15. The van der Waals surface area contributed by atoms with Crippen LogP contribution in [-0.4, -0.2) is 61.4 Å². The van der Waals surface area contributed by atoms with E-state index in [0.717, 1.165) is 23.9 Å². The van der Waals surface area contributed by atoms with E-state index in [-0.39, 0.29) is 5.75 Å². The number of hydrogen-bond acceptors (Lipinski definition) is 5. The van der Waals surface area contributed by atoms with Crippen LogP contribution in [0.15, 0.2) is 16.6 Å². The summed E-state index contributed by atoms with van der Waals surface area (Å²) in [5.41, 5.74) is 0. The molecular formula is C13H22N4O2S2. The third-order valence-electron chi connectivity index (χ3n) is 3.66. The van der Waals surface area contributed by atoms with E-state index >= 15 is 0 Å². The monoisotopic (exact) mass is 330 g/mol. The lowest BCUT2D eigenvalue weighted by molar-refractivity contribution is 0.353. The summed E-state index contributed by atoms with van der Waals surface area (Å²) in [6.07, 6.45) is 2.64. The lowest BCUT2D eigenvalue weighted by atomic mass is 10.2. The highest BCUT2D eigenvalue weighted by Gasteiger charge is 2.40. The van der Waals surface area contributed by atoms with Crippen molar-refractivity contribution in [1.29, 1.82) is 0 Å². The van der Waals surface area contributed by atoms with Crippen molar-refractivity contribution >= 4 is 27.1 Å². The van der Waals surface area contributed by atoms with Crippen LogP contribution in [0.3, 0.4) is 0 Å². The molecule has 118 valence electrons. The van der Waals surface area contributed by atoms with Gasteiger partial charge in [-0.05, 0) is 13.8 Å². The Kier molecular flexibility index (Phi) is 4.88. The summed E-state index contributed by atoms with van der Waals surface area (Å²) in [7, 11) is -1.30.